The first-order valence-corrected chi connectivity index (χ1v) is 11.4. The van der Waals surface area contributed by atoms with E-state index in [4.69, 9.17) is 22.4 Å². The number of hydrogen-bond acceptors (Lipinski definition) is 7. The first-order chi connectivity index (χ1) is 16.6. The fourth-order valence-corrected chi connectivity index (χ4v) is 4.66. The van der Waals surface area contributed by atoms with Crippen molar-refractivity contribution in [2.75, 3.05) is 42.7 Å². The lowest BCUT2D eigenvalue weighted by molar-refractivity contribution is -0.137. The standard InChI is InChI=1S/C21H23ClF4N6O.CH4O/c22-13-7-12(21(24,25)26)8-14(9-13)30-16-4-2-6-32(20(16)33)15-3-1-5-31(10-15)19-17(23)18(27)28-11-29-19;1-2/h7-9,11,15-16,30H,1-6,10H2,(H2,27,28,29);2H,1H3. The molecule has 35 heavy (non-hydrogen) atoms. The van der Waals surface area contributed by atoms with Crippen LogP contribution in [-0.2, 0) is 11.0 Å². The van der Waals surface area contributed by atoms with Crippen LogP contribution in [0.3, 0.4) is 0 Å². The number of benzene rings is 1. The molecule has 0 aliphatic carbocycles. The smallest absolute Gasteiger partial charge is 0.400 e. The van der Waals surface area contributed by atoms with Gasteiger partial charge in [0.2, 0.25) is 11.7 Å². The molecule has 0 bridgehead atoms. The number of aliphatic hydroxyl groups excluding tert-OH is 1. The average molecular weight is 519 g/mol. The minimum Gasteiger partial charge on any atom is -0.400 e. The summed E-state index contributed by atoms with van der Waals surface area (Å²) in [7, 11) is 1.00. The molecule has 2 atom stereocenters. The number of nitrogens with two attached hydrogens (primary N) is 1. The van der Waals surface area contributed by atoms with Gasteiger partial charge in [0.1, 0.15) is 12.4 Å². The van der Waals surface area contributed by atoms with E-state index < -0.39 is 23.6 Å². The van der Waals surface area contributed by atoms with Crippen molar-refractivity contribution in [3.8, 4) is 0 Å². The van der Waals surface area contributed by atoms with Gasteiger partial charge in [-0.3, -0.25) is 4.79 Å². The van der Waals surface area contributed by atoms with Crippen molar-refractivity contribution in [1.82, 2.24) is 14.9 Å². The number of nitrogens with one attached hydrogen (secondary N) is 1. The van der Waals surface area contributed by atoms with Crippen molar-refractivity contribution in [2.24, 2.45) is 0 Å². The minimum atomic E-state index is -4.55. The van der Waals surface area contributed by atoms with Crippen molar-refractivity contribution in [2.45, 2.75) is 43.9 Å². The molecule has 1 aromatic carbocycles. The van der Waals surface area contributed by atoms with Gasteiger partial charge in [0.15, 0.2) is 11.6 Å². The molecule has 0 radical (unpaired) electrons. The van der Waals surface area contributed by atoms with Crippen molar-refractivity contribution in [3.05, 3.63) is 40.9 Å². The lowest BCUT2D eigenvalue weighted by Gasteiger charge is -2.43. The highest BCUT2D eigenvalue weighted by molar-refractivity contribution is 6.31. The molecule has 1 amide bonds. The Balaban J connectivity index is 0.00000167. The van der Waals surface area contributed by atoms with Gasteiger partial charge in [0, 0.05) is 43.5 Å². The van der Waals surface area contributed by atoms with Gasteiger partial charge in [-0.2, -0.15) is 17.6 Å². The third-order valence-electron chi connectivity index (χ3n) is 5.97. The van der Waals surface area contributed by atoms with Crippen molar-refractivity contribution >= 4 is 34.8 Å². The molecule has 4 rings (SSSR count). The fourth-order valence-electron chi connectivity index (χ4n) is 4.43. The number of piperidine rings is 2. The second kappa shape index (κ2) is 11.3. The van der Waals surface area contributed by atoms with Crippen LogP contribution in [0.15, 0.2) is 24.5 Å². The normalized spacial score (nSPS) is 20.8. The van der Waals surface area contributed by atoms with Gasteiger partial charge in [0.25, 0.3) is 0 Å². The quantitative estimate of drug-likeness (QED) is 0.531. The zero-order chi connectivity index (χ0) is 25.8. The second-order valence-corrected chi connectivity index (χ2v) is 8.67. The van der Waals surface area contributed by atoms with Gasteiger partial charge in [-0.1, -0.05) is 11.6 Å². The summed E-state index contributed by atoms with van der Waals surface area (Å²) in [5, 5.41) is 9.86. The van der Waals surface area contributed by atoms with Crippen LogP contribution in [0.2, 0.25) is 5.02 Å². The number of aromatic nitrogens is 2. The zero-order valence-corrected chi connectivity index (χ0v) is 19.8. The summed E-state index contributed by atoms with van der Waals surface area (Å²) in [4.78, 5) is 24.4. The van der Waals surface area contributed by atoms with E-state index in [1.807, 2.05) is 0 Å². The van der Waals surface area contributed by atoms with Gasteiger partial charge in [-0.05, 0) is 43.9 Å². The summed E-state index contributed by atoms with van der Waals surface area (Å²) in [5.41, 5.74) is 4.82. The van der Waals surface area contributed by atoms with E-state index in [0.29, 0.717) is 32.5 Å². The number of likely N-dealkylation sites (tertiary alicyclic amines) is 1. The topological polar surface area (TPSA) is 108 Å². The fraction of sp³-hybridized carbons (Fsp3) is 0.500. The number of anilines is 3. The molecule has 2 saturated heterocycles. The maximum absolute atomic E-state index is 14.4. The Bertz CT molecular complexity index is 1040. The van der Waals surface area contributed by atoms with Crippen LogP contribution in [0, 0.1) is 5.82 Å². The SMILES string of the molecule is CO.Nc1ncnc(N2CCCC(N3CCCC(Nc4cc(Cl)cc(C(F)(F)F)c4)C3=O)C2)c1F. The van der Waals surface area contributed by atoms with Crippen molar-refractivity contribution in [1.29, 1.82) is 0 Å². The Kier molecular flexibility index (Phi) is 8.60. The molecule has 2 aromatic rings. The molecule has 0 spiro atoms. The number of alkyl halides is 3. The summed E-state index contributed by atoms with van der Waals surface area (Å²) in [6, 6.07) is 2.30. The summed E-state index contributed by atoms with van der Waals surface area (Å²) in [6.45, 7) is 1.46. The highest BCUT2D eigenvalue weighted by atomic mass is 35.5. The van der Waals surface area contributed by atoms with Crippen LogP contribution in [0.5, 0.6) is 0 Å². The van der Waals surface area contributed by atoms with Gasteiger partial charge in [-0.25, -0.2) is 9.97 Å². The first-order valence-electron chi connectivity index (χ1n) is 11.0. The van der Waals surface area contributed by atoms with E-state index in [1.54, 1.807) is 9.80 Å². The third kappa shape index (κ3) is 6.23. The Labute approximate surface area is 205 Å². The summed E-state index contributed by atoms with van der Waals surface area (Å²) in [6.07, 6.45) is -0.734. The molecule has 2 unspecified atom stereocenters. The molecule has 192 valence electrons. The van der Waals surface area contributed by atoms with Crippen LogP contribution in [-0.4, -0.2) is 64.7 Å². The second-order valence-electron chi connectivity index (χ2n) is 8.24. The molecule has 8 nitrogen and oxygen atoms in total. The highest BCUT2D eigenvalue weighted by Crippen LogP contribution is 2.34. The summed E-state index contributed by atoms with van der Waals surface area (Å²) < 4.78 is 53.8. The average Bonchev–Trinajstić information content (AvgIpc) is 2.83. The number of aliphatic hydroxyl groups is 1. The number of rotatable bonds is 4. The number of carbonyl (C=O) groups is 1. The molecule has 2 fully saturated rings. The number of nitrogens with zero attached hydrogens (tertiary/aromatic N) is 4. The summed E-state index contributed by atoms with van der Waals surface area (Å²) in [5.74, 6) is -1.03. The Hall–Kier alpha value is -2.86. The molecule has 2 aliphatic rings. The monoisotopic (exact) mass is 518 g/mol. The molecule has 0 saturated carbocycles. The predicted molar refractivity (Wildman–Crippen MR) is 125 cm³/mol. The highest BCUT2D eigenvalue weighted by Gasteiger charge is 2.37. The molecule has 3 heterocycles. The largest absolute Gasteiger partial charge is 0.416 e. The van der Waals surface area contributed by atoms with Gasteiger partial charge < -0.3 is 26.0 Å². The van der Waals surface area contributed by atoms with Crippen LogP contribution in [0.25, 0.3) is 0 Å². The molecule has 13 heteroatoms. The zero-order valence-electron chi connectivity index (χ0n) is 19.0. The van der Waals surface area contributed by atoms with E-state index in [2.05, 4.69) is 15.3 Å². The maximum Gasteiger partial charge on any atom is 0.416 e. The van der Waals surface area contributed by atoms with Crippen molar-refractivity contribution in [3.63, 3.8) is 0 Å². The number of hydrogen-bond donors (Lipinski definition) is 3. The molecule has 4 N–H and O–H groups in total. The van der Waals surface area contributed by atoms with E-state index >= 15 is 0 Å². The van der Waals surface area contributed by atoms with Gasteiger partial charge in [0.05, 0.1) is 5.56 Å². The van der Waals surface area contributed by atoms with E-state index in [1.165, 1.54) is 12.4 Å². The Morgan fingerprint density at radius 1 is 1.14 bits per heavy atom. The van der Waals surface area contributed by atoms with Crippen molar-refractivity contribution < 1.29 is 27.5 Å². The Morgan fingerprint density at radius 3 is 2.57 bits per heavy atom. The molecule has 2 aliphatic heterocycles. The first kappa shape index (κ1) is 26.7. The molecular formula is C22H27ClF4N6O2. The number of amides is 1. The van der Waals surface area contributed by atoms with Gasteiger partial charge in [-0.15, -0.1) is 0 Å². The lowest BCUT2D eigenvalue weighted by Crippen LogP contribution is -2.56. The minimum absolute atomic E-state index is 0.0680. The maximum atomic E-state index is 14.4. The van der Waals surface area contributed by atoms with Crippen LogP contribution in [0.1, 0.15) is 31.2 Å². The number of carbonyl (C=O) groups excluding carboxylic acids is 1. The van der Waals surface area contributed by atoms with Crippen LogP contribution in [0.4, 0.5) is 34.9 Å². The van der Waals surface area contributed by atoms with E-state index in [-0.39, 0.29) is 34.3 Å². The van der Waals surface area contributed by atoms with E-state index in [9.17, 15) is 22.4 Å². The van der Waals surface area contributed by atoms with Gasteiger partial charge >= 0.3 is 6.18 Å². The Morgan fingerprint density at radius 2 is 1.86 bits per heavy atom. The van der Waals surface area contributed by atoms with E-state index in [0.717, 1.165) is 32.1 Å². The number of halogens is 5. The predicted octanol–water partition coefficient (Wildman–Crippen LogP) is 3.55. The lowest BCUT2D eigenvalue weighted by atomic mass is 9.97. The number of nitrogen functional groups attached to an aromatic ring is 1. The molecule has 1 aromatic heterocycles. The summed E-state index contributed by atoms with van der Waals surface area (Å²) >= 11 is 5.87. The molecular weight excluding hydrogens is 492 g/mol. The third-order valence-corrected chi connectivity index (χ3v) is 6.19. The van der Waals surface area contributed by atoms with Crippen LogP contribution < -0.4 is 16.0 Å². The van der Waals surface area contributed by atoms with Crippen LogP contribution >= 0.6 is 11.6 Å².